The van der Waals surface area contributed by atoms with Crippen molar-refractivity contribution in [3.05, 3.63) is 52.2 Å². The van der Waals surface area contributed by atoms with E-state index in [9.17, 15) is 5.11 Å². The molecular formula is C14H17NO2. The molecule has 1 N–H and O–H groups in total. The molecule has 2 rings (SSSR count). The highest BCUT2D eigenvalue weighted by Gasteiger charge is 2.20. The van der Waals surface area contributed by atoms with Crippen LogP contribution in [0.2, 0.25) is 0 Å². The van der Waals surface area contributed by atoms with Crippen LogP contribution in [0.3, 0.4) is 0 Å². The summed E-state index contributed by atoms with van der Waals surface area (Å²) in [6.07, 6.45) is 1.04. The van der Waals surface area contributed by atoms with Crippen LogP contribution in [0, 0.1) is 27.7 Å². The summed E-state index contributed by atoms with van der Waals surface area (Å²) in [5.41, 5.74) is 3.60. The van der Waals surface area contributed by atoms with Crippen molar-refractivity contribution in [2.24, 2.45) is 0 Å². The summed E-state index contributed by atoms with van der Waals surface area (Å²) in [7, 11) is 0. The molecule has 0 aliphatic heterocycles. The summed E-state index contributed by atoms with van der Waals surface area (Å²) >= 11 is 0. The van der Waals surface area contributed by atoms with Gasteiger partial charge in [0.2, 0.25) is 0 Å². The van der Waals surface area contributed by atoms with Crippen molar-refractivity contribution < 1.29 is 9.52 Å². The first kappa shape index (κ1) is 11.9. The van der Waals surface area contributed by atoms with E-state index in [2.05, 4.69) is 4.98 Å². The first-order valence-corrected chi connectivity index (χ1v) is 5.67. The SMILES string of the molecule is Cc1ccc(C(O)c2c(C)oc(C)c2C)cn1. The Bertz CT molecular complexity index is 526. The van der Waals surface area contributed by atoms with Crippen LogP contribution in [0.25, 0.3) is 0 Å². The number of furan rings is 1. The Labute approximate surface area is 101 Å². The van der Waals surface area contributed by atoms with Crippen molar-refractivity contribution in [1.82, 2.24) is 4.98 Å². The topological polar surface area (TPSA) is 46.3 Å². The standard InChI is InChI=1S/C14H17NO2/c1-8-5-6-12(7-15-8)14(16)13-9(2)10(3)17-11(13)4/h5-7,14,16H,1-4H3. The molecule has 0 saturated carbocycles. The Balaban J connectivity index is 2.43. The minimum Gasteiger partial charge on any atom is -0.466 e. The molecule has 3 heteroatoms. The van der Waals surface area contributed by atoms with Crippen LogP contribution in [-0.4, -0.2) is 10.1 Å². The van der Waals surface area contributed by atoms with Gasteiger partial charge in [-0.25, -0.2) is 0 Å². The van der Waals surface area contributed by atoms with Crippen LogP contribution in [0.5, 0.6) is 0 Å². The van der Waals surface area contributed by atoms with E-state index in [0.717, 1.165) is 33.9 Å². The zero-order chi connectivity index (χ0) is 12.6. The third-order valence-corrected chi connectivity index (χ3v) is 3.14. The number of aromatic nitrogens is 1. The fourth-order valence-electron chi connectivity index (χ4n) is 2.02. The van der Waals surface area contributed by atoms with Crippen molar-refractivity contribution >= 4 is 0 Å². The summed E-state index contributed by atoms with van der Waals surface area (Å²) < 4.78 is 5.53. The number of nitrogens with zero attached hydrogens (tertiary/aromatic N) is 1. The maximum absolute atomic E-state index is 10.4. The number of hydrogen-bond donors (Lipinski definition) is 1. The Morgan fingerprint density at radius 3 is 2.29 bits per heavy atom. The molecule has 0 saturated heterocycles. The minimum atomic E-state index is -0.666. The average molecular weight is 231 g/mol. The number of hydrogen-bond acceptors (Lipinski definition) is 3. The van der Waals surface area contributed by atoms with Crippen molar-refractivity contribution in [1.29, 1.82) is 0 Å². The fourth-order valence-corrected chi connectivity index (χ4v) is 2.02. The van der Waals surface area contributed by atoms with E-state index in [1.807, 2.05) is 39.8 Å². The Hall–Kier alpha value is -1.61. The molecular weight excluding hydrogens is 214 g/mol. The van der Waals surface area contributed by atoms with Crippen LogP contribution in [0.15, 0.2) is 22.7 Å². The molecule has 0 radical (unpaired) electrons. The molecule has 2 aromatic heterocycles. The van der Waals surface area contributed by atoms with Gasteiger partial charge in [0.15, 0.2) is 0 Å². The normalized spacial score (nSPS) is 12.8. The van der Waals surface area contributed by atoms with E-state index < -0.39 is 6.10 Å². The molecule has 2 heterocycles. The zero-order valence-electron chi connectivity index (χ0n) is 10.6. The second kappa shape index (κ2) is 4.34. The summed E-state index contributed by atoms with van der Waals surface area (Å²) in [5.74, 6) is 1.63. The lowest BCUT2D eigenvalue weighted by Gasteiger charge is -2.11. The number of aliphatic hydroxyl groups is 1. The van der Waals surface area contributed by atoms with Crippen molar-refractivity contribution in [3.8, 4) is 0 Å². The third kappa shape index (κ3) is 2.11. The van der Waals surface area contributed by atoms with Crippen molar-refractivity contribution in [2.45, 2.75) is 33.8 Å². The lowest BCUT2D eigenvalue weighted by Crippen LogP contribution is -2.02. The molecule has 0 aromatic carbocycles. The first-order valence-electron chi connectivity index (χ1n) is 5.67. The molecule has 1 unspecified atom stereocenters. The van der Waals surface area contributed by atoms with E-state index in [1.165, 1.54) is 0 Å². The van der Waals surface area contributed by atoms with Gasteiger partial charge < -0.3 is 9.52 Å². The van der Waals surface area contributed by atoms with Gasteiger partial charge in [0.1, 0.15) is 17.6 Å². The molecule has 2 aromatic rings. The van der Waals surface area contributed by atoms with Crippen molar-refractivity contribution in [2.75, 3.05) is 0 Å². The van der Waals surface area contributed by atoms with Gasteiger partial charge in [-0.05, 0) is 39.3 Å². The molecule has 0 amide bonds. The number of aryl methyl sites for hydroxylation is 3. The van der Waals surface area contributed by atoms with Gasteiger partial charge in [0, 0.05) is 23.0 Å². The van der Waals surface area contributed by atoms with E-state index in [4.69, 9.17) is 4.42 Å². The minimum absolute atomic E-state index is 0.666. The second-order valence-corrected chi connectivity index (χ2v) is 4.39. The van der Waals surface area contributed by atoms with Crippen molar-refractivity contribution in [3.63, 3.8) is 0 Å². The van der Waals surface area contributed by atoms with E-state index in [0.29, 0.717) is 0 Å². The Kier molecular flexibility index (Phi) is 3.03. The summed E-state index contributed by atoms with van der Waals surface area (Å²) in [5, 5.41) is 10.4. The summed E-state index contributed by atoms with van der Waals surface area (Å²) in [6.45, 7) is 7.67. The predicted octanol–water partition coefficient (Wildman–Crippen LogP) is 2.99. The van der Waals surface area contributed by atoms with Crippen LogP contribution < -0.4 is 0 Å². The highest BCUT2D eigenvalue weighted by molar-refractivity contribution is 5.38. The summed E-state index contributed by atoms with van der Waals surface area (Å²) in [6, 6.07) is 3.80. The molecule has 0 aliphatic carbocycles. The van der Waals surface area contributed by atoms with E-state index >= 15 is 0 Å². The first-order chi connectivity index (χ1) is 8.00. The quantitative estimate of drug-likeness (QED) is 0.864. The van der Waals surface area contributed by atoms with E-state index in [-0.39, 0.29) is 0 Å². The number of rotatable bonds is 2. The third-order valence-electron chi connectivity index (χ3n) is 3.14. The molecule has 0 fully saturated rings. The molecule has 0 aliphatic rings. The van der Waals surface area contributed by atoms with Crippen LogP contribution >= 0.6 is 0 Å². The lowest BCUT2D eigenvalue weighted by atomic mass is 9.99. The van der Waals surface area contributed by atoms with Gasteiger partial charge in [0.05, 0.1) is 0 Å². The molecule has 1 atom stereocenters. The van der Waals surface area contributed by atoms with Crippen LogP contribution in [0.1, 0.15) is 40.0 Å². The predicted molar refractivity (Wildman–Crippen MR) is 66.0 cm³/mol. The van der Waals surface area contributed by atoms with Crippen LogP contribution in [-0.2, 0) is 0 Å². The lowest BCUT2D eigenvalue weighted by molar-refractivity contribution is 0.217. The molecule has 3 nitrogen and oxygen atoms in total. The Morgan fingerprint density at radius 2 is 1.82 bits per heavy atom. The molecule has 17 heavy (non-hydrogen) atoms. The molecule has 0 bridgehead atoms. The highest BCUT2D eigenvalue weighted by atomic mass is 16.3. The van der Waals surface area contributed by atoms with Gasteiger partial charge in [-0.15, -0.1) is 0 Å². The monoisotopic (exact) mass is 231 g/mol. The highest BCUT2D eigenvalue weighted by Crippen LogP contribution is 2.30. The molecule has 0 spiro atoms. The second-order valence-electron chi connectivity index (χ2n) is 4.39. The largest absolute Gasteiger partial charge is 0.466 e. The smallest absolute Gasteiger partial charge is 0.109 e. The summed E-state index contributed by atoms with van der Waals surface area (Å²) in [4.78, 5) is 4.20. The van der Waals surface area contributed by atoms with Gasteiger partial charge in [-0.3, -0.25) is 4.98 Å². The molecule has 90 valence electrons. The van der Waals surface area contributed by atoms with Gasteiger partial charge >= 0.3 is 0 Å². The Morgan fingerprint density at radius 1 is 1.12 bits per heavy atom. The number of aliphatic hydroxyl groups excluding tert-OH is 1. The van der Waals surface area contributed by atoms with Gasteiger partial charge in [0.25, 0.3) is 0 Å². The number of pyridine rings is 1. The van der Waals surface area contributed by atoms with Gasteiger partial charge in [-0.1, -0.05) is 6.07 Å². The average Bonchev–Trinajstić information content (AvgIpc) is 2.53. The van der Waals surface area contributed by atoms with E-state index in [1.54, 1.807) is 6.20 Å². The fraction of sp³-hybridized carbons (Fsp3) is 0.357. The maximum Gasteiger partial charge on any atom is 0.109 e. The maximum atomic E-state index is 10.4. The van der Waals surface area contributed by atoms with Crippen LogP contribution in [0.4, 0.5) is 0 Å². The van der Waals surface area contributed by atoms with Gasteiger partial charge in [-0.2, -0.15) is 0 Å². The zero-order valence-corrected chi connectivity index (χ0v) is 10.6.